The van der Waals surface area contributed by atoms with E-state index in [1.807, 2.05) is 0 Å². The number of nitrogens with one attached hydrogen (secondary N) is 1. The van der Waals surface area contributed by atoms with Gasteiger partial charge >= 0.3 is 0 Å². The molecule has 0 radical (unpaired) electrons. The Kier molecular flexibility index (Phi) is 5.86. The molecule has 1 rings (SSSR count). The van der Waals surface area contributed by atoms with E-state index in [2.05, 4.69) is 71.1 Å². The molecule has 1 atom stereocenters. The van der Waals surface area contributed by atoms with Crippen molar-refractivity contribution in [1.29, 1.82) is 0 Å². The number of hydrogen-bond acceptors (Lipinski definition) is 2. The van der Waals surface area contributed by atoms with E-state index in [0.717, 1.165) is 18.9 Å². The third-order valence-corrected chi connectivity index (χ3v) is 3.13. The Labute approximate surface area is 118 Å². The summed E-state index contributed by atoms with van der Waals surface area (Å²) in [4.78, 5) is 0. The van der Waals surface area contributed by atoms with E-state index in [1.165, 1.54) is 5.56 Å². The standard InChI is InChI=1S/C17H29NO/c1-13(2)18-11-14(3)12-19-16-9-7-15(8-10-16)17(4,5)6/h7-10,13-14,18H,11-12H2,1-6H3. The van der Waals surface area contributed by atoms with Gasteiger partial charge in [-0.25, -0.2) is 0 Å². The van der Waals surface area contributed by atoms with E-state index >= 15 is 0 Å². The van der Waals surface area contributed by atoms with Crippen LogP contribution < -0.4 is 10.1 Å². The molecular formula is C17H29NO. The van der Waals surface area contributed by atoms with Gasteiger partial charge in [0.15, 0.2) is 0 Å². The van der Waals surface area contributed by atoms with Gasteiger partial charge in [0.1, 0.15) is 5.75 Å². The third kappa shape index (κ3) is 6.11. The van der Waals surface area contributed by atoms with Gasteiger partial charge in [-0.05, 0) is 23.1 Å². The summed E-state index contributed by atoms with van der Waals surface area (Å²) >= 11 is 0. The lowest BCUT2D eigenvalue weighted by atomic mass is 9.87. The highest BCUT2D eigenvalue weighted by Crippen LogP contribution is 2.24. The fraction of sp³-hybridized carbons (Fsp3) is 0.647. The van der Waals surface area contributed by atoms with Gasteiger partial charge in [0.2, 0.25) is 0 Å². The van der Waals surface area contributed by atoms with Crippen LogP contribution >= 0.6 is 0 Å². The predicted octanol–water partition coefficient (Wildman–Crippen LogP) is 4.00. The molecule has 19 heavy (non-hydrogen) atoms. The summed E-state index contributed by atoms with van der Waals surface area (Å²) in [5.74, 6) is 1.48. The van der Waals surface area contributed by atoms with Gasteiger partial charge < -0.3 is 10.1 Å². The Morgan fingerprint density at radius 2 is 1.63 bits per heavy atom. The van der Waals surface area contributed by atoms with Crippen molar-refractivity contribution >= 4 is 0 Å². The van der Waals surface area contributed by atoms with Crippen LogP contribution in [0.15, 0.2) is 24.3 Å². The molecule has 0 amide bonds. The highest BCUT2D eigenvalue weighted by Gasteiger charge is 2.13. The van der Waals surface area contributed by atoms with Crippen LogP contribution in [0.1, 0.15) is 47.1 Å². The van der Waals surface area contributed by atoms with Crippen molar-refractivity contribution in [3.63, 3.8) is 0 Å². The van der Waals surface area contributed by atoms with Gasteiger partial charge in [0.05, 0.1) is 6.61 Å². The van der Waals surface area contributed by atoms with Gasteiger partial charge in [0, 0.05) is 18.5 Å². The van der Waals surface area contributed by atoms with E-state index in [0.29, 0.717) is 12.0 Å². The molecule has 0 saturated carbocycles. The van der Waals surface area contributed by atoms with Gasteiger partial charge in [-0.1, -0.05) is 53.7 Å². The minimum absolute atomic E-state index is 0.201. The van der Waals surface area contributed by atoms with Crippen molar-refractivity contribution < 1.29 is 4.74 Å². The van der Waals surface area contributed by atoms with Crippen LogP contribution in [-0.4, -0.2) is 19.2 Å². The summed E-state index contributed by atoms with van der Waals surface area (Å²) in [5, 5.41) is 3.43. The second kappa shape index (κ2) is 6.95. The van der Waals surface area contributed by atoms with Crippen LogP contribution in [0.5, 0.6) is 5.75 Å². The van der Waals surface area contributed by atoms with Crippen molar-refractivity contribution in [2.24, 2.45) is 5.92 Å². The van der Waals surface area contributed by atoms with Crippen molar-refractivity contribution in [1.82, 2.24) is 5.32 Å². The lowest BCUT2D eigenvalue weighted by Gasteiger charge is -2.20. The molecule has 1 aromatic rings. The van der Waals surface area contributed by atoms with E-state index in [1.54, 1.807) is 0 Å². The van der Waals surface area contributed by atoms with E-state index in [4.69, 9.17) is 4.74 Å². The molecule has 0 aliphatic rings. The maximum Gasteiger partial charge on any atom is 0.119 e. The summed E-state index contributed by atoms with van der Waals surface area (Å²) in [6.45, 7) is 15.0. The lowest BCUT2D eigenvalue weighted by Crippen LogP contribution is -2.30. The molecule has 0 saturated heterocycles. The minimum atomic E-state index is 0.201. The van der Waals surface area contributed by atoms with Gasteiger partial charge in [0.25, 0.3) is 0 Å². The van der Waals surface area contributed by atoms with Crippen LogP contribution in [0.3, 0.4) is 0 Å². The van der Waals surface area contributed by atoms with Gasteiger partial charge in [-0.3, -0.25) is 0 Å². The highest BCUT2D eigenvalue weighted by molar-refractivity contribution is 5.31. The first-order chi connectivity index (χ1) is 8.79. The quantitative estimate of drug-likeness (QED) is 0.837. The molecule has 0 heterocycles. The fourth-order valence-corrected chi connectivity index (χ4v) is 1.79. The molecule has 0 bridgehead atoms. The van der Waals surface area contributed by atoms with Crippen LogP contribution in [0, 0.1) is 5.92 Å². The number of hydrogen-bond donors (Lipinski definition) is 1. The van der Waals surface area contributed by atoms with Crippen molar-refractivity contribution in [2.75, 3.05) is 13.2 Å². The largest absolute Gasteiger partial charge is 0.493 e. The van der Waals surface area contributed by atoms with E-state index in [-0.39, 0.29) is 5.41 Å². The smallest absolute Gasteiger partial charge is 0.119 e. The molecule has 1 aromatic carbocycles. The van der Waals surface area contributed by atoms with E-state index in [9.17, 15) is 0 Å². The second-order valence-electron chi connectivity index (χ2n) is 6.75. The summed E-state index contributed by atoms with van der Waals surface area (Å²) in [6.07, 6.45) is 0. The summed E-state index contributed by atoms with van der Waals surface area (Å²) in [6, 6.07) is 9.00. The Bertz CT molecular complexity index is 362. The molecule has 2 heteroatoms. The third-order valence-electron chi connectivity index (χ3n) is 3.13. The predicted molar refractivity (Wildman–Crippen MR) is 82.9 cm³/mol. The van der Waals surface area contributed by atoms with Crippen LogP contribution in [0.25, 0.3) is 0 Å². The molecule has 0 aliphatic carbocycles. The SMILES string of the molecule is CC(CNC(C)C)COc1ccc(C(C)(C)C)cc1. The molecule has 0 spiro atoms. The summed E-state index contributed by atoms with van der Waals surface area (Å²) in [7, 11) is 0. The van der Waals surface area contributed by atoms with Crippen LogP contribution in [-0.2, 0) is 5.41 Å². The zero-order valence-electron chi connectivity index (χ0n) is 13.3. The fourth-order valence-electron chi connectivity index (χ4n) is 1.79. The van der Waals surface area contributed by atoms with Crippen molar-refractivity contribution in [2.45, 2.75) is 53.0 Å². The number of rotatable bonds is 6. The topological polar surface area (TPSA) is 21.3 Å². The first kappa shape index (κ1) is 16.0. The monoisotopic (exact) mass is 263 g/mol. The Morgan fingerprint density at radius 1 is 1.05 bits per heavy atom. The Hall–Kier alpha value is -1.02. The van der Waals surface area contributed by atoms with Crippen molar-refractivity contribution in [3.05, 3.63) is 29.8 Å². The molecule has 0 aromatic heterocycles. The molecule has 0 fully saturated rings. The number of ether oxygens (including phenoxy) is 1. The van der Waals surface area contributed by atoms with Gasteiger partial charge in [-0.2, -0.15) is 0 Å². The molecule has 1 N–H and O–H groups in total. The molecule has 1 unspecified atom stereocenters. The summed E-state index contributed by atoms with van der Waals surface area (Å²) < 4.78 is 5.83. The average Bonchev–Trinajstić information content (AvgIpc) is 2.33. The highest BCUT2D eigenvalue weighted by atomic mass is 16.5. The van der Waals surface area contributed by atoms with Gasteiger partial charge in [-0.15, -0.1) is 0 Å². The maximum absolute atomic E-state index is 5.83. The first-order valence-electron chi connectivity index (χ1n) is 7.25. The van der Waals surface area contributed by atoms with E-state index < -0.39 is 0 Å². The van der Waals surface area contributed by atoms with Crippen LogP contribution in [0.2, 0.25) is 0 Å². The Balaban J connectivity index is 2.42. The molecule has 0 aliphatic heterocycles. The average molecular weight is 263 g/mol. The molecule has 2 nitrogen and oxygen atoms in total. The lowest BCUT2D eigenvalue weighted by molar-refractivity contribution is 0.253. The Morgan fingerprint density at radius 3 is 2.11 bits per heavy atom. The summed E-state index contributed by atoms with van der Waals surface area (Å²) in [5.41, 5.74) is 1.54. The normalized spacial score (nSPS) is 13.6. The zero-order chi connectivity index (χ0) is 14.5. The number of benzene rings is 1. The first-order valence-corrected chi connectivity index (χ1v) is 7.25. The second-order valence-corrected chi connectivity index (χ2v) is 6.75. The van der Waals surface area contributed by atoms with Crippen molar-refractivity contribution in [3.8, 4) is 5.75 Å². The zero-order valence-corrected chi connectivity index (χ0v) is 13.3. The molecule has 108 valence electrons. The minimum Gasteiger partial charge on any atom is -0.493 e. The maximum atomic E-state index is 5.83. The molecular weight excluding hydrogens is 234 g/mol. The van der Waals surface area contributed by atoms with Crippen LogP contribution in [0.4, 0.5) is 0 Å².